The van der Waals surface area contributed by atoms with Gasteiger partial charge in [-0.3, -0.25) is 9.59 Å². The highest BCUT2D eigenvalue weighted by molar-refractivity contribution is 5.98. The third kappa shape index (κ3) is 4.06. The van der Waals surface area contributed by atoms with Crippen molar-refractivity contribution in [3.63, 3.8) is 0 Å². The molecule has 3 N–H and O–H groups in total. The van der Waals surface area contributed by atoms with Crippen molar-refractivity contribution in [1.82, 2.24) is 24.9 Å². The van der Waals surface area contributed by atoms with E-state index in [1.165, 1.54) is 10.6 Å². The second kappa shape index (κ2) is 8.75. The molecule has 1 saturated carbocycles. The van der Waals surface area contributed by atoms with E-state index < -0.39 is 5.54 Å². The molecule has 0 bridgehead atoms. The summed E-state index contributed by atoms with van der Waals surface area (Å²) in [5.41, 5.74) is 1.59. The smallest absolute Gasteiger partial charge is 0.276 e. The van der Waals surface area contributed by atoms with Gasteiger partial charge in [0.2, 0.25) is 5.78 Å². The van der Waals surface area contributed by atoms with Crippen molar-refractivity contribution in [3.05, 3.63) is 81.8 Å². The van der Waals surface area contributed by atoms with Crippen LogP contribution in [0.25, 0.3) is 17.2 Å². The number of aliphatic hydroxyl groups is 1. The van der Waals surface area contributed by atoms with Gasteiger partial charge in [0.05, 0.1) is 23.4 Å². The summed E-state index contributed by atoms with van der Waals surface area (Å²) in [7, 11) is 0. The fourth-order valence-corrected chi connectivity index (χ4v) is 4.16. The number of aliphatic hydroxyl groups excluding tert-OH is 1. The van der Waals surface area contributed by atoms with Gasteiger partial charge in [-0.1, -0.05) is 42.5 Å². The van der Waals surface area contributed by atoms with Crippen LogP contribution < -0.4 is 15.6 Å². The van der Waals surface area contributed by atoms with Crippen LogP contribution in [0.5, 0.6) is 5.75 Å². The first-order valence-electron chi connectivity index (χ1n) is 11.2. The third-order valence-electron chi connectivity index (χ3n) is 6.25. The summed E-state index contributed by atoms with van der Waals surface area (Å²) in [5.74, 6) is 0.869. The fourth-order valence-electron chi connectivity index (χ4n) is 4.16. The molecule has 34 heavy (non-hydrogen) atoms. The molecule has 0 spiro atoms. The van der Waals surface area contributed by atoms with Gasteiger partial charge in [-0.15, -0.1) is 5.10 Å². The van der Waals surface area contributed by atoms with E-state index in [0.29, 0.717) is 28.6 Å². The second-order valence-electron chi connectivity index (χ2n) is 8.65. The Kier molecular flexibility index (Phi) is 5.62. The molecule has 2 aromatic heterocycles. The number of amides is 1. The molecule has 1 amide bonds. The number of carbonyl (C=O) groups is 1. The average Bonchev–Trinajstić information content (AvgIpc) is 3.25. The molecule has 9 nitrogen and oxygen atoms in total. The number of aromatic nitrogens is 4. The van der Waals surface area contributed by atoms with Crippen molar-refractivity contribution < 1.29 is 14.6 Å². The van der Waals surface area contributed by atoms with Crippen LogP contribution in [0, 0.1) is 6.92 Å². The number of hydrogen-bond acceptors (Lipinski definition) is 6. The minimum absolute atomic E-state index is 0.0359. The molecular formula is C25H25N5O4. The van der Waals surface area contributed by atoms with Gasteiger partial charge in [-0.05, 0) is 37.8 Å². The van der Waals surface area contributed by atoms with Crippen LogP contribution in [0.3, 0.4) is 0 Å². The highest BCUT2D eigenvalue weighted by Gasteiger charge is 2.38. The van der Waals surface area contributed by atoms with E-state index in [0.717, 1.165) is 30.4 Å². The van der Waals surface area contributed by atoms with Crippen LogP contribution in [-0.2, 0) is 6.61 Å². The lowest BCUT2D eigenvalue weighted by Crippen LogP contribution is -2.56. The predicted molar refractivity (Wildman–Crippen MR) is 126 cm³/mol. The van der Waals surface area contributed by atoms with Gasteiger partial charge in [0.1, 0.15) is 12.4 Å². The Balaban J connectivity index is 1.39. The lowest BCUT2D eigenvalue weighted by atomic mass is 9.77. The first kappa shape index (κ1) is 21.8. The summed E-state index contributed by atoms with van der Waals surface area (Å²) in [4.78, 5) is 33.2. The van der Waals surface area contributed by atoms with Crippen LogP contribution in [0.15, 0.2) is 59.4 Å². The van der Waals surface area contributed by atoms with E-state index in [4.69, 9.17) is 4.74 Å². The van der Waals surface area contributed by atoms with Gasteiger partial charge in [0.15, 0.2) is 5.82 Å². The van der Waals surface area contributed by atoms with Gasteiger partial charge in [0.25, 0.3) is 11.5 Å². The van der Waals surface area contributed by atoms with E-state index in [-0.39, 0.29) is 24.7 Å². The number of benzene rings is 2. The van der Waals surface area contributed by atoms with Crippen molar-refractivity contribution in [2.45, 2.75) is 38.3 Å². The van der Waals surface area contributed by atoms with Crippen LogP contribution in [0.4, 0.5) is 0 Å². The number of nitrogens with zero attached hydrogens (tertiary/aromatic N) is 3. The van der Waals surface area contributed by atoms with Crippen LogP contribution >= 0.6 is 0 Å². The quantitative estimate of drug-likeness (QED) is 0.391. The number of ether oxygens (including phenoxy) is 1. The molecule has 0 atom stereocenters. The van der Waals surface area contributed by atoms with Crippen LogP contribution in [0.2, 0.25) is 0 Å². The van der Waals surface area contributed by atoms with E-state index in [9.17, 15) is 14.7 Å². The molecule has 1 aliphatic rings. The van der Waals surface area contributed by atoms with E-state index in [1.54, 1.807) is 6.07 Å². The number of rotatable bonds is 7. The van der Waals surface area contributed by atoms with Gasteiger partial charge >= 0.3 is 0 Å². The number of aryl methyl sites for hydroxylation is 1. The molecule has 1 aliphatic carbocycles. The Hall–Kier alpha value is -3.98. The summed E-state index contributed by atoms with van der Waals surface area (Å²) >= 11 is 0. The molecule has 5 rings (SSSR count). The van der Waals surface area contributed by atoms with Crippen molar-refractivity contribution in [3.8, 4) is 17.1 Å². The Labute approximate surface area is 195 Å². The zero-order valence-corrected chi connectivity index (χ0v) is 18.7. The highest BCUT2D eigenvalue weighted by atomic mass is 16.5. The summed E-state index contributed by atoms with van der Waals surface area (Å²) in [6, 6.07) is 16.2. The number of fused-ring (bicyclic) bond motifs is 1. The minimum Gasteiger partial charge on any atom is -0.487 e. The maximum atomic E-state index is 13.0. The Morgan fingerprint density at radius 1 is 1.21 bits per heavy atom. The van der Waals surface area contributed by atoms with Gasteiger partial charge in [-0.25, -0.2) is 0 Å². The molecule has 2 heterocycles. The molecule has 4 aromatic rings. The highest BCUT2D eigenvalue weighted by Crippen LogP contribution is 2.32. The lowest BCUT2D eigenvalue weighted by Gasteiger charge is -2.41. The average molecular weight is 460 g/mol. The first-order valence-corrected chi connectivity index (χ1v) is 11.2. The normalized spacial score (nSPS) is 14.5. The van der Waals surface area contributed by atoms with Crippen LogP contribution in [0.1, 0.15) is 40.9 Å². The minimum atomic E-state index is -0.558. The predicted octanol–water partition coefficient (Wildman–Crippen LogP) is 2.62. The lowest BCUT2D eigenvalue weighted by molar-refractivity contribution is 0.0638. The Morgan fingerprint density at radius 3 is 2.71 bits per heavy atom. The van der Waals surface area contributed by atoms with Gasteiger partial charge < -0.3 is 20.1 Å². The largest absolute Gasteiger partial charge is 0.487 e. The monoisotopic (exact) mass is 459 g/mol. The number of hydrogen-bond donors (Lipinski definition) is 3. The second-order valence-corrected chi connectivity index (χ2v) is 8.65. The van der Waals surface area contributed by atoms with E-state index in [1.807, 2.05) is 49.4 Å². The van der Waals surface area contributed by atoms with Crippen molar-refractivity contribution in [2.75, 3.05) is 6.61 Å². The fraction of sp³-hybridized carbons (Fsp3) is 0.280. The summed E-state index contributed by atoms with van der Waals surface area (Å²) in [6.45, 7) is 1.78. The standard InChI is InChI=1S/C25H25N5O4/c1-16-7-5-10-19(21(16)23(33)28-25(15-31)11-6-12-25)34-14-18-13-20(32)30-24(26-18)27-22(29-30)17-8-3-2-4-9-17/h2-5,7-10,13,31H,6,11-12,14-15H2,1H3,(H,28,33)(H,26,27,29). The number of carbonyl (C=O) groups excluding carboxylic acids is 1. The molecule has 174 valence electrons. The topological polar surface area (TPSA) is 122 Å². The summed E-state index contributed by atoms with van der Waals surface area (Å²) in [6.07, 6.45) is 2.48. The number of H-pyrrole nitrogens is 1. The molecule has 9 heteroatoms. The number of aromatic amines is 1. The number of nitrogens with one attached hydrogen (secondary N) is 2. The molecule has 2 aromatic carbocycles. The molecular weight excluding hydrogens is 434 g/mol. The zero-order valence-electron chi connectivity index (χ0n) is 18.7. The zero-order chi connectivity index (χ0) is 23.7. The molecule has 0 radical (unpaired) electrons. The van der Waals surface area contributed by atoms with Gasteiger partial charge in [-0.2, -0.15) is 9.50 Å². The molecule has 0 saturated heterocycles. The van der Waals surface area contributed by atoms with Crippen molar-refractivity contribution in [1.29, 1.82) is 0 Å². The maximum absolute atomic E-state index is 13.0. The molecule has 1 fully saturated rings. The molecule has 0 aliphatic heterocycles. The van der Waals surface area contributed by atoms with E-state index in [2.05, 4.69) is 20.4 Å². The third-order valence-corrected chi connectivity index (χ3v) is 6.25. The first-order chi connectivity index (χ1) is 16.5. The SMILES string of the molecule is Cc1cccc(OCc2cc(=O)n3nc(-c4ccccc4)nc3[nH]2)c1C(=O)NC1(CO)CCC1. The Bertz CT molecular complexity index is 1400. The maximum Gasteiger partial charge on any atom is 0.276 e. The summed E-state index contributed by atoms with van der Waals surface area (Å²) in [5, 5.41) is 17.0. The molecule has 0 unspecified atom stereocenters. The van der Waals surface area contributed by atoms with Crippen molar-refractivity contribution in [2.24, 2.45) is 0 Å². The van der Waals surface area contributed by atoms with E-state index >= 15 is 0 Å². The Morgan fingerprint density at radius 2 is 2.00 bits per heavy atom. The van der Waals surface area contributed by atoms with Crippen molar-refractivity contribution >= 4 is 11.7 Å². The van der Waals surface area contributed by atoms with Gasteiger partial charge in [0, 0.05) is 11.6 Å². The summed E-state index contributed by atoms with van der Waals surface area (Å²) < 4.78 is 7.18. The van der Waals surface area contributed by atoms with Crippen LogP contribution in [-0.4, -0.2) is 42.7 Å².